The molecule has 0 aliphatic heterocycles. The molecule has 61 heavy (non-hydrogen) atoms. The SMILES string of the molecule is Oc1c(O)c(N(c2c(O)c(O)c(-c3cccc(-c4ccccc4)c3)c(O)c2O)c2c(O)c(O)c(-c3cccc(-c4ccccc4)c3)c(O)c2O)c(O)c(O)c1-c1ccccc1. The van der Waals surface area contributed by atoms with Crippen molar-refractivity contribution in [3.8, 4) is 125 Å². The van der Waals surface area contributed by atoms with E-state index in [0.29, 0.717) is 11.1 Å². The average Bonchev–Trinajstić information content (AvgIpc) is 3.28. The van der Waals surface area contributed by atoms with Crippen molar-refractivity contribution in [3.63, 3.8) is 0 Å². The third kappa shape index (κ3) is 6.38. The largest absolute Gasteiger partial charge is 0.504 e. The van der Waals surface area contributed by atoms with Gasteiger partial charge >= 0.3 is 0 Å². The molecule has 0 fully saturated rings. The molecule has 13 nitrogen and oxygen atoms in total. The minimum atomic E-state index is -1.32. The molecule has 304 valence electrons. The summed E-state index contributed by atoms with van der Waals surface area (Å²) in [6, 6.07) is 38.1. The number of phenolic OH excluding ortho intramolecular Hbond substituents is 12. The molecule has 13 heteroatoms. The van der Waals surface area contributed by atoms with Crippen molar-refractivity contribution in [2.75, 3.05) is 4.90 Å². The topological polar surface area (TPSA) is 246 Å². The zero-order chi connectivity index (χ0) is 43.3. The first kappa shape index (κ1) is 39.0. The van der Waals surface area contributed by atoms with E-state index in [1.54, 1.807) is 78.9 Å². The Morgan fingerprint density at radius 3 is 0.738 bits per heavy atom. The molecule has 0 heterocycles. The second-order valence-electron chi connectivity index (χ2n) is 13.9. The van der Waals surface area contributed by atoms with Gasteiger partial charge in [-0.2, -0.15) is 0 Å². The highest BCUT2D eigenvalue weighted by Gasteiger charge is 2.40. The molecular weight excluding hydrogens is 783 g/mol. The van der Waals surface area contributed by atoms with Crippen molar-refractivity contribution in [2.45, 2.75) is 0 Å². The first-order valence-corrected chi connectivity index (χ1v) is 18.5. The molecule has 8 aromatic rings. The van der Waals surface area contributed by atoms with E-state index in [2.05, 4.69) is 0 Å². The molecule has 0 aromatic heterocycles. The van der Waals surface area contributed by atoms with Gasteiger partial charge in [-0.1, -0.05) is 127 Å². The Morgan fingerprint density at radius 1 is 0.213 bits per heavy atom. The van der Waals surface area contributed by atoms with Crippen LogP contribution in [0.3, 0.4) is 0 Å². The van der Waals surface area contributed by atoms with Crippen LogP contribution >= 0.6 is 0 Å². The standard InChI is InChI=1S/C48H35NO12/c50-37-31(26-16-8-3-9-17-26)38(51)44(57)34(43(37)56)49(35-45(58)39(52)32(40(53)46(35)59)29-20-10-18-27(22-29)24-12-4-1-5-13-24)36-47(60)41(54)33(42(55)48(36)61)30-21-11-19-28(23-30)25-14-6-2-7-15-25/h1-23,50-61H. The van der Waals surface area contributed by atoms with Gasteiger partial charge in [-0.05, 0) is 51.1 Å². The summed E-state index contributed by atoms with van der Waals surface area (Å²) in [4.78, 5) is 0.224. The van der Waals surface area contributed by atoms with Crippen molar-refractivity contribution in [2.24, 2.45) is 0 Å². The first-order chi connectivity index (χ1) is 29.3. The molecule has 0 radical (unpaired) electrons. The Bertz CT molecular complexity index is 2760. The molecule has 8 rings (SSSR count). The molecule has 0 aliphatic carbocycles. The van der Waals surface area contributed by atoms with Crippen molar-refractivity contribution >= 4 is 17.1 Å². The van der Waals surface area contributed by atoms with Gasteiger partial charge in [-0.15, -0.1) is 0 Å². The number of benzene rings is 8. The van der Waals surface area contributed by atoms with Crippen molar-refractivity contribution in [1.82, 2.24) is 0 Å². The molecule has 0 saturated carbocycles. The highest BCUT2D eigenvalue weighted by atomic mass is 16.3. The van der Waals surface area contributed by atoms with Crippen molar-refractivity contribution in [3.05, 3.63) is 140 Å². The fraction of sp³-hybridized carbons (Fsp3) is 0. The normalized spacial score (nSPS) is 11.1. The first-order valence-electron chi connectivity index (χ1n) is 18.5. The Kier molecular flexibility index (Phi) is 9.69. The van der Waals surface area contributed by atoms with Gasteiger partial charge in [0.15, 0.2) is 69.0 Å². The smallest absolute Gasteiger partial charge is 0.186 e. The van der Waals surface area contributed by atoms with Crippen LogP contribution < -0.4 is 4.90 Å². The third-order valence-corrected chi connectivity index (χ3v) is 10.4. The monoisotopic (exact) mass is 817 g/mol. The maximum absolute atomic E-state index is 11.8. The number of rotatable bonds is 8. The Hall–Kier alpha value is -8.84. The van der Waals surface area contributed by atoms with E-state index in [1.165, 1.54) is 48.5 Å². The maximum Gasteiger partial charge on any atom is 0.186 e. The highest BCUT2D eigenvalue weighted by molar-refractivity contribution is 6.04. The molecule has 0 atom stereocenters. The number of hydrogen-bond acceptors (Lipinski definition) is 13. The van der Waals surface area contributed by atoms with E-state index in [-0.39, 0.29) is 21.6 Å². The van der Waals surface area contributed by atoms with Crippen LogP contribution in [0.25, 0.3) is 55.6 Å². The van der Waals surface area contributed by atoms with Crippen LogP contribution in [0.5, 0.6) is 69.0 Å². The summed E-state index contributed by atoms with van der Waals surface area (Å²) in [5, 5.41) is 140. The summed E-state index contributed by atoms with van der Waals surface area (Å²) < 4.78 is 0. The lowest BCUT2D eigenvalue weighted by molar-refractivity contribution is 0.367. The number of nitrogens with zero attached hydrogens (tertiary/aromatic N) is 1. The van der Waals surface area contributed by atoms with Crippen LogP contribution in [-0.4, -0.2) is 61.3 Å². The lowest BCUT2D eigenvalue weighted by Crippen LogP contribution is -2.13. The molecule has 0 bridgehead atoms. The lowest BCUT2D eigenvalue weighted by atomic mass is 9.95. The summed E-state index contributed by atoms with van der Waals surface area (Å²) in [6.07, 6.45) is 0. The van der Waals surface area contributed by atoms with Gasteiger partial charge < -0.3 is 61.3 Å². The van der Waals surface area contributed by atoms with Gasteiger partial charge in [0.25, 0.3) is 0 Å². The third-order valence-electron chi connectivity index (χ3n) is 10.4. The van der Waals surface area contributed by atoms with Crippen LogP contribution in [0.15, 0.2) is 140 Å². The van der Waals surface area contributed by atoms with E-state index >= 15 is 0 Å². The molecule has 0 spiro atoms. The van der Waals surface area contributed by atoms with Crippen LogP contribution in [0, 0.1) is 0 Å². The summed E-state index contributed by atoms with van der Waals surface area (Å²) in [6.45, 7) is 0. The van der Waals surface area contributed by atoms with Gasteiger partial charge in [0.2, 0.25) is 0 Å². The molecule has 0 saturated heterocycles. The number of anilines is 3. The predicted molar refractivity (Wildman–Crippen MR) is 228 cm³/mol. The minimum Gasteiger partial charge on any atom is -0.504 e. The lowest BCUT2D eigenvalue weighted by Gasteiger charge is -2.31. The van der Waals surface area contributed by atoms with E-state index in [9.17, 15) is 61.3 Å². The second-order valence-corrected chi connectivity index (χ2v) is 13.9. The van der Waals surface area contributed by atoms with Crippen LogP contribution in [0.1, 0.15) is 0 Å². The van der Waals surface area contributed by atoms with E-state index in [4.69, 9.17) is 0 Å². The molecule has 0 amide bonds. The Balaban J connectivity index is 1.41. The number of hydrogen-bond donors (Lipinski definition) is 12. The molecule has 0 aliphatic rings. The summed E-state index contributed by atoms with van der Waals surface area (Å²) in [5.41, 5.74) is -2.16. The van der Waals surface area contributed by atoms with Crippen molar-refractivity contribution < 1.29 is 61.3 Å². The van der Waals surface area contributed by atoms with Crippen molar-refractivity contribution in [1.29, 1.82) is 0 Å². The van der Waals surface area contributed by atoms with E-state index in [0.717, 1.165) is 11.1 Å². The number of aromatic hydroxyl groups is 12. The molecular formula is C48H35NO12. The summed E-state index contributed by atoms with van der Waals surface area (Å²) in [7, 11) is 0. The van der Waals surface area contributed by atoms with Crippen LogP contribution in [0.4, 0.5) is 17.1 Å². The predicted octanol–water partition coefficient (Wildman–Crippen LogP) is 9.96. The summed E-state index contributed by atoms with van der Waals surface area (Å²) in [5.74, 6) is -14.6. The van der Waals surface area contributed by atoms with Gasteiger partial charge in [-0.3, -0.25) is 4.90 Å². The summed E-state index contributed by atoms with van der Waals surface area (Å²) >= 11 is 0. The quantitative estimate of drug-likeness (QED) is 0.0505. The molecule has 8 aromatic carbocycles. The van der Waals surface area contributed by atoms with E-state index in [1.807, 2.05) is 12.1 Å². The van der Waals surface area contributed by atoms with Gasteiger partial charge in [0, 0.05) is 0 Å². The highest BCUT2D eigenvalue weighted by Crippen LogP contribution is 2.67. The fourth-order valence-electron chi connectivity index (χ4n) is 7.42. The van der Waals surface area contributed by atoms with E-state index < -0.39 is 103 Å². The zero-order valence-electron chi connectivity index (χ0n) is 31.6. The fourth-order valence-corrected chi connectivity index (χ4v) is 7.42. The van der Waals surface area contributed by atoms with Gasteiger partial charge in [0.05, 0.1) is 16.7 Å². The van der Waals surface area contributed by atoms with Gasteiger partial charge in [-0.25, -0.2) is 0 Å². The maximum atomic E-state index is 11.8. The van der Waals surface area contributed by atoms with Gasteiger partial charge in [0.1, 0.15) is 17.1 Å². The average molecular weight is 818 g/mol. The molecule has 0 unspecified atom stereocenters. The van der Waals surface area contributed by atoms with Crippen LogP contribution in [-0.2, 0) is 0 Å². The minimum absolute atomic E-state index is 0.0799. The Labute approximate surface area is 346 Å². The Morgan fingerprint density at radius 2 is 0.443 bits per heavy atom. The van der Waals surface area contributed by atoms with Crippen LogP contribution in [0.2, 0.25) is 0 Å². The number of phenols is 12. The zero-order valence-corrected chi connectivity index (χ0v) is 31.6. The molecule has 12 N–H and O–H groups in total. The second kappa shape index (κ2) is 15.2.